The molecule has 0 aliphatic carbocycles. The summed E-state index contributed by atoms with van der Waals surface area (Å²) in [5, 5.41) is 2.41. The number of quaternary nitrogens is 2. The maximum Gasteiger partial charge on any atom is 0.137 e. The Morgan fingerprint density at radius 3 is 2.59 bits per heavy atom. The molecule has 0 bridgehead atoms. The molecular formula is C18H22N4+2. The van der Waals surface area contributed by atoms with Crippen LogP contribution >= 0.6 is 0 Å². The number of fused-ring (bicyclic) bond motifs is 1. The average molecular weight is 294 g/mol. The first kappa shape index (κ1) is 13.5. The van der Waals surface area contributed by atoms with Crippen LogP contribution < -0.4 is 10.2 Å². The summed E-state index contributed by atoms with van der Waals surface area (Å²) in [5.41, 5.74) is 4.72. The van der Waals surface area contributed by atoms with E-state index in [0.29, 0.717) is 0 Å². The van der Waals surface area contributed by atoms with E-state index in [2.05, 4.69) is 64.4 Å². The molecule has 22 heavy (non-hydrogen) atoms. The van der Waals surface area contributed by atoms with Crippen LogP contribution in [0.2, 0.25) is 0 Å². The SMILES string of the molecule is c1ccc(-c2nc3ccccn3c2C[NH+]2CC[NH2+]CC2)cc1. The number of rotatable bonds is 3. The van der Waals surface area contributed by atoms with E-state index in [0.717, 1.165) is 17.9 Å². The summed E-state index contributed by atoms with van der Waals surface area (Å²) >= 11 is 0. The number of hydrogen-bond acceptors (Lipinski definition) is 1. The second-order valence-electron chi connectivity index (χ2n) is 5.99. The minimum absolute atomic E-state index is 1.04. The van der Waals surface area contributed by atoms with Crippen LogP contribution in [-0.4, -0.2) is 35.6 Å². The van der Waals surface area contributed by atoms with E-state index in [1.54, 1.807) is 4.90 Å². The molecule has 3 N–H and O–H groups in total. The molecule has 0 amide bonds. The van der Waals surface area contributed by atoms with Crippen LogP contribution in [0.1, 0.15) is 5.69 Å². The Morgan fingerprint density at radius 2 is 1.77 bits per heavy atom. The topological polar surface area (TPSA) is 38.4 Å². The van der Waals surface area contributed by atoms with E-state index >= 15 is 0 Å². The van der Waals surface area contributed by atoms with E-state index in [9.17, 15) is 0 Å². The van der Waals surface area contributed by atoms with Crippen molar-refractivity contribution in [3.05, 3.63) is 60.4 Å². The van der Waals surface area contributed by atoms with Gasteiger partial charge >= 0.3 is 0 Å². The van der Waals surface area contributed by atoms with Gasteiger partial charge in [0.1, 0.15) is 44.1 Å². The number of imidazole rings is 1. The number of nitrogens with two attached hydrogens (primary N) is 1. The number of nitrogens with one attached hydrogen (secondary N) is 1. The largest absolute Gasteiger partial charge is 0.337 e. The van der Waals surface area contributed by atoms with Gasteiger partial charge in [0.2, 0.25) is 0 Å². The third kappa shape index (κ3) is 2.51. The van der Waals surface area contributed by atoms with Crippen molar-refractivity contribution in [2.45, 2.75) is 6.54 Å². The maximum absolute atomic E-state index is 4.89. The van der Waals surface area contributed by atoms with Crippen molar-refractivity contribution in [1.29, 1.82) is 0 Å². The number of hydrogen-bond donors (Lipinski definition) is 2. The van der Waals surface area contributed by atoms with Crippen LogP contribution in [0.3, 0.4) is 0 Å². The van der Waals surface area contributed by atoms with Crippen molar-refractivity contribution in [2.75, 3.05) is 26.2 Å². The van der Waals surface area contributed by atoms with Crippen molar-refractivity contribution in [3.63, 3.8) is 0 Å². The first-order valence-electron chi connectivity index (χ1n) is 8.08. The van der Waals surface area contributed by atoms with E-state index in [-0.39, 0.29) is 0 Å². The molecule has 0 atom stereocenters. The summed E-state index contributed by atoms with van der Waals surface area (Å²) in [4.78, 5) is 6.55. The quantitative estimate of drug-likeness (QED) is 0.699. The Morgan fingerprint density at radius 1 is 1.00 bits per heavy atom. The van der Waals surface area contributed by atoms with Gasteiger partial charge in [0.25, 0.3) is 0 Å². The number of benzene rings is 1. The third-order valence-corrected chi connectivity index (χ3v) is 4.50. The fraction of sp³-hybridized carbons (Fsp3) is 0.278. The van der Waals surface area contributed by atoms with Crippen LogP contribution in [0.25, 0.3) is 16.9 Å². The van der Waals surface area contributed by atoms with Gasteiger partial charge in [-0.25, -0.2) is 4.98 Å². The van der Waals surface area contributed by atoms with Crippen molar-refractivity contribution in [2.24, 2.45) is 0 Å². The fourth-order valence-electron chi connectivity index (χ4n) is 3.34. The predicted octanol–water partition coefficient (Wildman–Crippen LogP) is -0.0368. The van der Waals surface area contributed by atoms with Gasteiger partial charge in [0.05, 0.1) is 5.69 Å². The van der Waals surface area contributed by atoms with Crippen molar-refractivity contribution in [1.82, 2.24) is 9.38 Å². The summed E-state index contributed by atoms with van der Waals surface area (Å²) in [6.07, 6.45) is 2.14. The fourth-order valence-corrected chi connectivity index (χ4v) is 3.34. The standard InChI is InChI=1S/C18H20N4/c1-2-6-15(7-3-1)18-16(14-21-12-9-19-10-13-21)22-11-5-4-8-17(22)20-18/h1-8,11,19H,9-10,12-14H2/p+2. The molecule has 0 spiro atoms. The molecule has 0 unspecified atom stereocenters. The lowest BCUT2D eigenvalue weighted by molar-refractivity contribution is -0.958. The van der Waals surface area contributed by atoms with Gasteiger partial charge < -0.3 is 10.2 Å². The van der Waals surface area contributed by atoms with E-state index < -0.39 is 0 Å². The lowest BCUT2D eigenvalue weighted by Crippen LogP contribution is -3.19. The highest BCUT2D eigenvalue weighted by Crippen LogP contribution is 2.23. The second-order valence-corrected chi connectivity index (χ2v) is 5.99. The van der Waals surface area contributed by atoms with Crippen LogP contribution in [0.4, 0.5) is 0 Å². The maximum atomic E-state index is 4.89. The minimum Gasteiger partial charge on any atom is -0.337 e. The predicted molar refractivity (Wildman–Crippen MR) is 86.7 cm³/mol. The lowest BCUT2D eigenvalue weighted by Gasteiger charge is -2.22. The second kappa shape index (κ2) is 5.91. The number of aromatic nitrogens is 2. The van der Waals surface area contributed by atoms with E-state index in [1.165, 1.54) is 37.4 Å². The summed E-state index contributed by atoms with van der Waals surface area (Å²) in [7, 11) is 0. The Bertz CT molecular complexity index is 757. The van der Waals surface area contributed by atoms with Crippen molar-refractivity contribution in [3.8, 4) is 11.3 Å². The molecular weight excluding hydrogens is 272 g/mol. The van der Waals surface area contributed by atoms with Gasteiger partial charge in [-0.1, -0.05) is 36.4 Å². The lowest BCUT2D eigenvalue weighted by atomic mass is 10.1. The van der Waals surface area contributed by atoms with Crippen LogP contribution in [0, 0.1) is 0 Å². The summed E-state index contributed by atoms with van der Waals surface area (Å²) in [6, 6.07) is 16.8. The van der Waals surface area contributed by atoms with Gasteiger partial charge in [-0.3, -0.25) is 4.40 Å². The van der Waals surface area contributed by atoms with Gasteiger partial charge in [0.15, 0.2) is 0 Å². The number of pyridine rings is 1. The van der Waals surface area contributed by atoms with Crippen LogP contribution in [0.5, 0.6) is 0 Å². The monoisotopic (exact) mass is 294 g/mol. The van der Waals surface area contributed by atoms with E-state index in [1.807, 2.05) is 0 Å². The Kier molecular flexibility index (Phi) is 3.62. The number of nitrogens with zero attached hydrogens (tertiary/aromatic N) is 2. The molecule has 1 aliphatic heterocycles. The molecule has 3 heterocycles. The van der Waals surface area contributed by atoms with Crippen molar-refractivity contribution < 1.29 is 10.2 Å². The molecule has 4 nitrogen and oxygen atoms in total. The minimum atomic E-state index is 1.04. The molecule has 3 aromatic rings. The zero-order valence-electron chi connectivity index (χ0n) is 12.7. The Balaban J connectivity index is 1.79. The van der Waals surface area contributed by atoms with Gasteiger partial charge in [-0.05, 0) is 12.1 Å². The molecule has 1 saturated heterocycles. The molecule has 2 aromatic heterocycles. The van der Waals surface area contributed by atoms with Gasteiger partial charge in [0, 0.05) is 11.8 Å². The molecule has 4 rings (SSSR count). The average Bonchev–Trinajstić information content (AvgIpc) is 2.95. The van der Waals surface area contributed by atoms with Crippen LogP contribution in [-0.2, 0) is 6.54 Å². The third-order valence-electron chi connectivity index (χ3n) is 4.50. The highest BCUT2D eigenvalue weighted by molar-refractivity contribution is 5.66. The summed E-state index contributed by atoms with van der Waals surface area (Å²) < 4.78 is 2.26. The zero-order valence-corrected chi connectivity index (χ0v) is 12.7. The smallest absolute Gasteiger partial charge is 0.137 e. The molecule has 4 heteroatoms. The van der Waals surface area contributed by atoms with Gasteiger partial charge in [-0.2, -0.15) is 0 Å². The zero-order chi connectivity index (χ0) is 14.8. The van der Waals surface area contributed by atoms with Crippen molar-refractivity contribution >= 4 is 5.65 Å². The highest BCUT2D eigenvalue weighted by atomic mass is 15.2. The molecule has 0 radical (unpaired) electrons. The molecule has 1 aromatic carbocycles. The Hall–Kier alpha value is -2.17. The highest BCUT2D eigenvalue weighted by Gasteiger charge is 2.21. The Labute approximate surface area is 130 Å². The first-order chi connectivity index (χ1) is 10.9. The molecule has 1 fully saturated rings. The molecule has 112 valence electrons. The first-order valence-corrected chi connectivity index (χ1v) is 8.08. The normalized spacial score (nSPS) is 16.2. The number of piperazine rings is 1. The van der Waals surface area contributed by atoms with Crippen LogP contribution in [0.15, 0.2) is 54.7 Å². The summed E-state index contributed by atoms with van der Waals surface area (Å²) in [5.74, 6) is 0. The van der Waals surface area contributed by atoms with E-state index in [4.69, 9.17) is 4.98 Å². The van der Waals surface area contributed by atoms with Gasteiger partial charge in [-0.15, -0.1) is 0 Å². The molecule has 0 saturated carbocycles. The molecule has 1 aliphatic rings. The summed E-state index contributed by atoms with van der Waals surface area (Å²) in [6.45, 7) is 5.96.